The van der Waals surface area contributed by atoms with E-state index in [9.17, 15) is 4.79 Å². The van der Waals surface area contributed by atoms with Gasteiger partial charge in [-0.2, -0.15) is 10.2 Å². The van der Waals surface area contributed by atoms with Crippen LogP contribution in [0, 0.1) is 0 Å². The molecule has 2 heterocycles. The van der Waals surface area contributed by atoms with Gasteiger partial charge in [0.05, 0.1) is 17.4 Å². The number of benzene rings is 1. The molecule has 3 aromatic rings. The third-order valence-corrected chi connectivity index (χ3v) is 2.86. The van der Waals surface area contributed by atoms with Crippen LogP contribution in [0.15, 0.2) is 49.3 Å². The third-order valence-electron chi connectivity index (χ3n) is 2.86. The smallest absolute Gasteiger partial charge is 0.254 e. The van der Waals surface area contributed by atoms with Gasteiger partial charge in [0.2, 0.25) is 0 Å². The second-order valence-electron chi connectivity index (χ2n) is 4.14. The fraction of sp³-hybridized carbons (Fsp3) is 0.0769. The summed E-state index contributed by atoms with van der Waals surface area (Å²) >= 11 is 0. The van der Waals surface area contributed by atoms with Gasteiger partial charge in [0.1, 0.15) is 12.7 Å². The number of aromatic nitrogens is 5. The lowest BCUT2D eigenvalue weighted by Gasteiger charge is -2.09. The van der Waals surface area contributed by atoms with Gasteiger partial charge in [-0.15, -0.1) is 0 Å². The highest BCUT2D eigenvalue weighted by Crippen LogP contribution is 2.12. The van der Waals surface area contributed by atoms with Crippen molar-refractivity contribution in [3.05, 3.63) is 60.4 Å². The average Bonchev–Trinajstić information content (AvgIpc) is 3.17. The zero-order chi connectivity index (χ0) is 13.8. The molecule has 0 spiro atoms. The van der Waals surface area contributed by atoms with E-state index in [4.69, 9.17) is 0 Å². The third kappa shape index (κ3) is 2.41. The van der Waals surface area contributed by atoms with Gasteiger partial charge in [-0.25, -0.2) is 9.67 Å². The lowest BCUT2D eigenvalue weighted by Crippen LogP contribution is -2.23. The maximum atomic E-state index is 11.9. The summed E-state index contributed by atoms with van der Waals surface area (Å²) in [6.45, 7) is 0.403. The van der Waals surface area contributed by atoms with E-state index < -0.39 is 0 Å². The number of hydrogen-bond donors (Lipinski definition) is 2. The number of amides is 1. The molecule has 1 aromatic carbocycles. The molecule has 0 saturated heterocycles. The number of H-pyrrole nitrogens is 1. The van der Waals surface area contributed by atoms with E-state index in [0.717, 1.165) is 11.3 Å². The summed E-state index contributed by atoms with van der Waals surface area (Å²) < 4.78 is 1.67. The van der Waals surface area contributed by atoms with Gasteiger partial charge in [-0.1, -0.05) is 18.2 Å². The number of carbonyl (C=O) groups is 1. The van der Waals surface area contributed by atoms with Crippen LogP contribution in [0.3, 0.4) is 0 Å². The summed E-state index contributed by atoms with van der Waals surface area (Å²) in [5.41, 5.74) is 2.34. The minimum atomic E-state index is -0.174. The van der Waals surface area contributed by atoms with Crippen molar-refractivity contribution in [2.45, 2.75) is 6.54 Å². The van der Waals surface area contributed by atoms with Crippen LogP contribution in [0.5, 0.6) is 0 Å². The van der Waals surface area contributed by atoms with Crippen LogP contribution in [0.25, 0.3) is 5.69 Å². The number of hydrogen-bond acceptors (Lipinski definition) is 4. The Hall–Kier alpha value is -2.96. The number of nitrogens with zero attached hydrogens (tertiary/aromatic N) is 4. The van der Waals surface area contributed by atoms with E-state index in [-0.39, 0.29) is 5.91 Å². The van der Waals surface area contributed by atoms with Crippen molar-refractivity contribution in [3.63, 3.8) is 0 Å². The Kier molecular flexibility index (Phi) is 3.24. The fourth-order valence-electron chi connectivity index (χ4n) is 1.87. The number of para-hydroxylation sites is 1. The molecule has 2 aromatic heterocycles. The van der Waals surface area contributed by atoms with Gasteiger partial charge < -0.3 is 5.32 Å². The topological polar surface area (TPSA) is 88.5 Å². The summed E-state index contributed by atoms with van der Waals surface area (Å²) in [5, 5.41) is 13.3. The second-order valence-corrected chi connectivity index (χ2v) is 4.14. The van der Waals surface area contributed by atoms with Gasteiger partial charge in [-0.05, 0) is 11.6 Å². The van der Waals surface area contributed by atoms with Crippen LogP contribution in [-0.2, 0) is 6.54 Å². The molecule has 0 fully saturated rings. The van der Waals surface area contributed by atoms with E-state index >= 15 is 0 Å². The first-order valence-electron chi connectivity index (χ1n) is 6.04. The molecule has 7 heteroatoms. The summed E-state index contributed by atoms with van der Waals surface area (Å²) in [6.07, 6.45) is 6.13. The lowest BCUT2D eigenvalue weighted by atomic mass is 10.1. The maximum absolute atomic E-state index is 11.9. The van der Waals surface area contributed by atoms with E-state index in [0.29, 0.717) is 12.1 Å². The Labute approximate surface area is 114 Å². The quantitative estimate of drug-likeness (QED) is 0.736. The normalized spacial score (nSPS) is 10.4. The van der Waals surface area contributed by atoms with E-state index in [1.807, 2.05) is 24.3 Å². The zero-order valence-electron chi connectivity index (χ0n) is 10.5. The number of rotatable bonds is 4. The molecule has 0 aliphatic heterocycles. The molecule has 0 aliphatic rings. The summed E-state index contributed by atoms with van der Waals surface area (Å²) in [6, 6.07) is 7.69. The highest BCUT2D eigenvalue weighted by Gasteiger charge is 2.09. The first-order valence-corrected chi connectivity index (χ1v) is 6.04. The molecule has 0 bridgehead atoms. The van der Waals surface area contributed by atoms with Gasteiger partial charge in [-0.3, -0.25) is 9.89 Å². The van der Waals surface area contributed by atoms with E-state index in [1.54, 1.807) is 17.2 Å². The molecule has 0 aliphatic carbocycles. The first-order chi connectivity index (χ1) is 9.84. The number of carbonyl (C=O) groups excluding carboxylic acids is 1. The second kappa shape index (κ2) is 5.35. The molecule has 0 atom stereocenters. The Balaban J connectivity index is 1.77. The molecule has 20 heavy (non-hydrogen) atoms. The van der Waals surface area contributed by atoms with Crippen LogP contribution >= 0.6 is 0 Å². The summed E-state index contributed by atoms with van der Waals surface area (Å²) in [5.74, 6) is -0.174. The van der Waals surface area contributed by atoms with Crippen molar-refractivity contribution in [3.8, 4) is 5.69 Å². The van der Waals surface area contributed by atoms with Crippen molar-refractivity contribution in [2.75, 3.05) is 0 Å². The van der Waals surface area contributed by atoms with Gasteiger partial charge in [0.15, 0.2) is 0 Å². The minimum Gasteiger partial charge on any atom is -0.348 e. The molecule has 7 nitrogen and oxygen atoms in total. The van der Waals surface area contributed by atoms with Crippen molar-refractivity contribution in [1.29, 1.82) is 0 Å². The predicted octanol–water partition coefficient (Wildman–Crippen LogP) is 0.920. The molecular weight excluding hydrogens is 256 g/mol. The Morgan fingerprint density at radius 1 is 1.35 bits per heavy atom. The maximum Gasteiger partial charge on any atom is 0.254 e. The lowest BCUT2D eigenvalue weighted by molar-refractivity contribution is 0.0951. The molecular formula is C13H12N6O. The molecule has 100 valence electrons. The largest absolute Gasteiger partial charge is 0.348 e. The van der Waals surface area contributed by atoms with E-state index in [2.05, 4.69) is 25.6 Å². The van der Waals surface area contributed by atoms with Gasteiger partial charge in [0.25, 0.3) is 5.91 Å². The van der Waals surface area contributed by atoms with Gasteiger partial charge in [0, 0.05) is 12.7 Å². The standard InChI is InChI=1S/C13H12N6O/c20-13(11-6-16-17-7-11)15-5-10-3-1-2-4-12(10)19-9-14-8-18-19/h1-4,6-9H,5H2,(H,15,20)(H,16,17). The first kappa shape index (κ1) is 12.1. The zero-order valence-corrected chi connectivity index (χ0v) is 10.5. The molecule has 0 saturated carbocycles. The van der Waals surface area contributed by atoms with Crippen LogP contribution in [0.1, 0.15) is 15.9 Å². The van der Waals surface area contributed by atoms with Crippen LogP contribution in [-0.4, -0.2) is 30.9 Å². The van der Waals surface area contributed by atoms with Crippen LogP contribution < -0.4 is 5.32 Å². The van der Waals surface area contributed by atoms with Crippen LogP contribution in [0.2, 0.25) is 0 Å². The van der Waals surface area contributed by atoms with Crippen molar-refractivity contribution in [2.24, 2.45) is 0 Å². The molecule has 3 rings (SSSR count). The molecule has 1 amide bonds. The van der Waals surface area contributed by atoms with Crippen molar-refractivity contribution >= 4 is 5.91 Å². The Morgan fingerprint density at radius 2 is 2.25 bits per heavy atom. The minimum absolute atomic E-state index is 0.174. The molecule has 0 unspecified atom stereocenters. The number of nitrogens with one attached hydrogen (secondary N) is 2. The Morgan fingerprint density at radius 3 is 3.00 bits per heavy atom. The van der Waals surface area contributed by atoms with Crippen molar-refractivity contribution in [1.82, 2.24) is 30.3 Å². The highest BCUT2D eigenvalue weighted by molar-refractivity contribution is 5.93. The summed E-state index contributed by atoms with van der Waals surface area (Å²) in [7, 11) is 0. The number of aromatic amines is 1. The summed E-state index contributed by atoms with van der Waals surface area (Å²) in [4.78, 5) is 15.8. The average molecular weight is 268 g/mol. The van der Waals surface area contributed by atoms with Crippen LogP contribution in [0.4, 0.5) is 0 Å². The molecule has 2 N–H and O–H groups in total. The SMILES string of the molecule is O=C(NCc1ccccc1-n1cncn1)c1cn[nH]c1. The monoisotopic (exact) mass is 268 g/mol. The Bertz CT molecular complexity index is 689. The molecule has 0 radical (unpaired) electrons. The van der Waals surface area contributed by atoms with Crippen molar-refractivity contribution < 1.29 is 4.79 Å². The van der Waals surface area contributed by atoms with E-state index in [1.165, 1.54) is 12.5 Å². The predicted molar refractivity (Wildman–Crippen MR) is 71.1 cm³/mol. The fourth-order valence-corrected chi connectivity index (χ4v) is 1.87. The highest BCUT2D eigenvalue weighted by atomic mass is 16.1. The van der Waals surface area contributed by atoms with Gasteiger partial charge >= 0.3 is 0 Å².